The second kappa shape index (κ2) is 9.66. The molecule has 0 radical (unpaired) electrons. The highest BCUT2D eigenvalue weighted by atomic mass is 19.1. The maximum Gasteiger partial charge on any atom is 0.409 e. The minimum Gasteiger partial charge on any atom is -0.444 e. The van der Waals surface area contributed by atoms with Gasteiger partial charge < -0.3 is 10.1 Å². The number of benzene rings is 2. The van der Waals surface area contributed by atoms with Gasteiger partial charge >= 0.3 is 6.09 Å². The van der Waals surface area contributed by atoms with E-state index >= 15 is 0 Å². The van der Waals surface area contributed by atoms with Crippen LogP contribution in [0, 0.1) is 5.82 Å². The van der Waals surface area contributed by atoms with Crippen molar-refractivity contribution in [2.45, 2.75) is 45.4 Å². The van der Waals surface area contributed by atoms with Crippen LogP contribution in [0.15, 0.2) is 71.9 Å². The fourth-order valence-electron chi connectivity index (χ4n) is 3.89. The maximum atomic E-state index is 14.9. The number of ether oxygens (including phenoxy) is 1. The predicted octanol–water partition coefficient (Wildman–Crippen LogP) is 5.01. The van der Waals surface area contributed by atoms with E-state index in [0.29, 0.717) is 11.3 Å². The highest BCUT2D eigenvalue weighted by Gasteiger charge is 2.31. The second-order valence-electron chi connectivity index (χ2n) is 9.24. The van der Waals surface area contributed by atoms with Gasteiger partial charge in [-0.25, -0.2) is 14.2 Å². The van der Waals surface area contributed by atoms with Crippen LogP contribution in [-0.4, -0.2) is 34.5 Å². The van der Waals surface area contributed by atoms with Crippen molar-refractivity contribution in [3.63, 3.8) is 0 Å². The van der Waals surface area contributed by atoms with Gasteiger partial charge in [-0.15, -0.1) is 0 Å². The third kappa shape index (κ3) is 5.37. The third-order valence-corrected chi connectivity index (χ3v) is 5.49. The molecule has 0 aliphatic carbocycles. The molecule has 180 valence electrons. The van der Waals surface area contributed by atoms with Gasteiger partial charge in [0.25, 0.3) is 5.91 Å². The Morgan fingerprint density at radius 1 is 1.06 bits per heavy atom. The van der Waals surface area contributed by atoms with Crippen molar-refractivity contribution in [2.24, 2.45) is 4.99 Å². The first-order chi connectivity index (χ1) is 16.6. The number of para-hydroxylation sites is 1. The van der Waals surface area contributed by atoms with E-state index < -0.39 is 29.6 Å². The Labute approximate surface area is 203 Å². The number of alkyl carbamates (subject to hydrolysis) is 1. The van der Waals surface area contributed by atoms with Gasteiger partial charge in [-0.2, -0.15) is 0 Å². The molecular weight excluding hydrogens is 447 g/mol. The summed E-state index contributed by atoms with van der Waals surface area (Å²) in [6.07, 6.45) is -0.425. The minimum atomic E-state index is -1.33. The van der Waals surface area contributed by atoms with Crippen molar-refractivity contribution in [3.05, 3.63) is 95.1 Å². The third-order valence-electron chi connectivity index (χ3n) is 5.49. The lowest BCUT2D eigenvalue weighted by molar-refractivity contribution is -0.118. The van der Waals surface area contributed by atoms with E-state index in [0.717, 1.165) is 11.3 Å². The zero-order chi connectivity index (χ0) is 25.2. The van der Waals surface area contributed by atoms with Crippen LogP contribution in [0.25, 0.3) is 0 Å². The number of halogens is 1. The molecule has 1 aliphatic heterocycles. The molecule has 2 unspecified atom stereocenters. The summed E-state index contributed by atoms with van der Waals surface area (Å²) in [6, 6.07) is 17.3. The number of aromatic nitrogens is 1. The molecule has 2 amide bonds. The van der Waals surface area contributed by atoms with Crippen molar-refractivity contribution in [1.29, 1.82) is 0 Å². The van der Waals surface area contributed by atoms with Crippen LogP contribution in [0.2, 0.25) is 0 Å². The summed E-state index contributed by atoms with van der Waals surface area (Å²) in [6.45, 7) is 7.13. The quantitative estimate of drug-likeness (QED) is 0.556. The van der Waals surface area contributed by atoms with E-state index in [1.807, 2.05) is 37.3 Å². The van der Waals surface area contributed by atoms with Crippen LogP contribution >= 0.6 is 0 Å². The van der Waals surface area contributed by atoms with Crippen molar-refractivity contribution < 1.29 is 18.7 Å². The number of benzodiazepines with no additional fused rings is 1. The number of nitrogens with one attached hydrogen (secondary N) is 2. The van der Waals surface area contributed by atoms with Gasteiger partial charge in [0.05, 0.1) is 11.4 Å². The summed E-state index contributed by atoms with van der Waals surface area (Å²) in [5, 5.41) is 5.41. The number of carbonyl (C=O) groups excluding carboxylic acids is 2. The summed E-state index contributed by atoms with van der Waals surface area (Å²) in [7, 11) is 0. The van der Waals surface area contributed by atoms with Gasteiger partial charge in [0.2, 0.25) is 6.17 Å². The van der Waals surface area contributed by atoms with E-state index in [-0.39, 0.29) is 17.2 Å². The van der Waals surface area contributed by atoms with Gasteiger partial charge in [-0.3, -0.25) is 15.1 Å². The molecule has 2 N–H and O–H groups in total. The number of carbonyl (C=O) groups is 2. The Bertz CT molecular complexity index is 1290. The van der Waals surface area contributed by atoms with Gasteiger partial charge in [0, 0.05) is 28.9 Å². The SMILES string of the molecule is CC(c1ccccn1)c1cccc2c1NC(=O)C(NC(=O)OC(C)(C)C)N=C2c1ccccc1F. The number of anilines is 1. The fraction of sp³-hybridized carbons (Fsp3) is 0.259. The second-order valence-corrected chi connectivity index (χ2v) is 9.24. The normalized spacial score (nSPS) is 16.3. The molecule has 0 saturated heterocycles. The molecule has 7 nitrogen and oxygen atoms in total. The predicted molar refractivity (Wildman–Crippen MR) is 132 cm³/mol. The van der Waals surface area contributed by atoms with E-state index in [9.17, 15) is 14.0 Å². The van der Waals surface area contributed by atoms with Crippen LogP contribution in [0.5, 0.6) is 0 Å². The first-order valence-electron chi connectivity index (χ1n) is 11.3. The smallest absolute Gasteiger partial charge is 0.409 e. The molecule has 2 aromatic carbocycles. The Kier molecular flexibility index (Phi) is 6.64. The Morgan fingerprint density at radius 2 is 1.77 bits per heavy atom. The maximum absolute atomic E-state index is 14.9. The minimum absolute atomic E-state index is 0.177. The molecule has 0 bridgehead atoms. The lowest BCUT2D eigenvalue weighted by Crippen LogP contribution is -2.44. The number of rotatable bonds is 4. The lowest BCUT2D eigenvalue weighted by Gasteiger charge is -2.21. The van der Waals surface area contributed by atoms with Gasteiger partial charge in [-0.05, 0) is 50.6 Å². The summed E-state index contributed by atoms with van der Waals surface area (Å²) in [5.41, 5.74) is 2.32. The topological polar surface area (TPSA) is 92.7 Å². The summed E-state index contributed by atoms with van der Waals surface area (Å²) in [5.74, 6) is -1.24. The summed E-state index contributed by atoms with van der Waals surface area (Å²) < 4.78 is 20.2. The van der Waals surface area contributed by atoms with Crippen LogP contribution in [-0.2, 0) is 9.53 Å². The first-order valence-corrected chi connectivity index (χ1v) is 11.3. The van der Waals surface area contributed by atoms with Crippen molar-refractivity contribution in [1.82, 2.24) is 10.3 Å². The average Bonchev–Trinajstić information content (AvgIpc) is 2.94. The van der Waals surface area contributed by atoms with E-state index in [1.54, 1.807) is 51.2 Å². The largest absolute Gasteiger partial charge is 0.444 e. The van der Waals surface area contributed by atoms with E-state index in [2.05, 4.69) is 20.6 Å². The molecule has 8 heteroatoms. The highest BCUT2D eigenvalue weighted by Crippen LogP contribution is 2.35. The number of pyridine rings is 1. The number of fused-ring (bicyclic) bond motifs is 1. The summed E-state index contributed by atoms with van der Waals surface area (Å²) >= 11 is 0. The Hall–Kier alpha value is -4.07. The number of amides is 2. The molecule has 0 saturated carbocycles. The molecule has 0 fully saturated rings. The van der Waals surface area contributed by atoms with Crippen molar-refractivity contribution in [2.75, 3.05) is 5.32 Å². The van der Waals surface area contributed by atoms with Gasteiger partial charge in [-0.1, -0.05) is 43.3 Å². The number of aliphatic imine (C=N–C) groups is 1. The van der Waals surface area contributed by atoms with Gasteiger partial charge in [0.15, 0.2) is 0 Å². The fourth-order valence-corrected chi connectivity index (χ4v) is 3.89. The van der Waals surface area contributed by atoms with Crippen molar-refractivity contribution in [3.8, 4) is 0 Å². The molecule has 0 spiro atoms. The molecule has 1 aliphatic rings. The Morgan fingerprint density at radius 3 is 2.46 bits per heavy atom. The average molecular weight is 475 g/mol. The van der Waals surface area contributed by atoms with Crippen LogP contribution in [0.3, 0.4) is 0 Å². The zero-order valence-corrected chi connectivity index (χ0v) is 20.0. The monoisotopic (exact) mass is 474 g/mol. The van der Waals surface area contributed by atoms with Crippen LogP contribution < -0.4 is 10.6 Å². The molecule has 4 rings (SSSR count). The standard InChI is InChI=1S/C27H27FN4O3/c1-16(21-14-7-8-15-29-21)17-11-9-12-19-22(17)31-25(33)24(32-26(34)35-27(2,3)4)30-23(19)18-10-5-6-13-20(18)28/h5-16,24H,1-4H3,(H,31,33)(H,32,34). The van der Waals surface area contributed by atoms with Crippen molar-refractivity contribution >= 4 is 23.4 Å². The van der Waals surface area contributed by atoms with E-state index in [4.69, 9.17) is 4.74 Å². The van der Waals surface area contributed by atoms with Crippen LogP contribution in [0.1, 0.15) is 56.0 Å². The van der Waals surface area contributed by atoms with E-state index in [1.165, 1.54) is 6.07 Å². The van der Waals surface area contributed by atoms with Crippen LogP contribution in [0.4, 0.5) is 14.9 Å². The zero-order valence-electron chi connectivity index (χ0n) is 20.0. The first kappa shape index (κ1) is 24.1. The van der Waals surface area contributed by atoms with Gasteiger partial charge in [0.1, 0.15) is 11.4 Å². The molecule has 2 heterocycles. The summed E-state index contributed by atoms with van der Waals surface area (Å²) in [4.78, 5) is 34.7. The lowest BCUT2D eigenvalue weighted by atomic mass is 9.90. The molecule has 2 atom stereocenters. The molecule has 35 heavy (non-hydrogen) atoms. The highest BCUT2D eigenvalue weighted by molar-refractivity contribution is 6.20. The molecule has 3 aromatic rings. The number of hydrogen-bond acceptors (Lipinski definition) is 5. The number of hydrogen-bond donors (Lipinski definition) is 2. The number of nitrogens with zero attached hydrogens (tertiary/aromatic N) is 2. The molecule has 1 aromatic heterocycles. The Balaban J connectivity index is 1.83. The molecular formula is C27H27FN4O3.